The molecule has 1 amide bonds. The number of nitrogens with one attached hydrogen (secondary N) is 2. The number of carbonyl (C=O) groups is 1. The van der Waals surface area contributed by atoms with Gasteiger partial charge in [0.25, 0.3) is 0 Å². The minimum atomic E-state index is -0.0890. The number of rotatable bonds is 5. The molecule has 2 heterocycles. The topological polar surface area (TPSA) is 83.6 Å². The van der Waals surface area contributed by atoms with E-state index in [2.05, 4.69) is 51.6 Å². The van der Waals surface area contributed by atoms with Gasteiger partial charge < -0.3 is 5.32 Å². The maximum atomic E-state index is 11.9. The molecule has 0 aliphatic rings. The molecule has 1 atom stereocenters. The van der Waals surface area contributed by atoms with Gasteiger partial charge in [-0.2, -0.15) is 5.10 Å². The predicted octanol–water partition coefficient (Wildman–Crippen LogP) is 2.53. The van der Waals surface area contributed by atoms with E-state index < -0.39 is 0 Å². The van der Waals surface area contributed by atoms with E-state index in [1.54, 1.807) is 11.3 Å². The van der Waals surface area contributed by atoms with Crippen molar-refractivity contribution in [1.29, 1.82) is 0 Å². The first-order chi connectivity index (χ1) is 9.86. The maximum Gasteiger partial charge on any atom is 0.231 e. The second-order valence-electron chi connectivity index (χ2n) is 5.69. The number of hydrogen-bond donors (Lipinski definition) is 2. The summed E-state index contributed by atoms with van der Waals surface area (Å²) in [6, 6.07) is -0.0890. The molecular weight excluding hydrogens is 306 g/mol. The Morgan fingerprint density at radius 1 is 1.52 bits per heavy atom. The number of hydrogen-bond acceptors (Lipinski definition) is 6. The first kappa shape index (κ1) is 16.0. The van der Waals surface area contributed by atoms with E-state index in [0.717, 1.165) is 10.7 Å². The molecule has 0 aliphatic carbocycles. The molecule has 2 rings (SSSR count). The van der Waals surface area contributed by atoms with Gasteiger partial charge in [-0.1, -0.05) is 32.5 Å². The predicted molar refractivity (Wildman–Crippen MR) is 84.5 cm³/mol. The lowest BCUT2D eigenvalue weighted by atomic mass is 9.93. The zero-order chi connectivity index (χ0) is 15.5. The highest BCUT2D eigenvalue weighted by Gasteiger charge is 2.20. The number of aromatic nitrogens is 4. The molecule has 2 N–H and O–H groups in total. The minimum Gasteiger partial charge on any atom is -0.346 e. The average Bonchev–Trinajstić information content (AvgIpc) is 3.07. The molecule has 114 valence electrons. The summed E-state index contributed by atoms with van der Waals surface area (Å²) in [5.74, 6) is 0.258. The van der Waals surface area contributed by atoms with Gasteiger partial charge in [-0.3, -0.25) is 9.89 Å². The number of carbonyl (C=O) groups excluding carboxylic acids is 1. The highest BCUT2D eigenvalue weighted by atomic mass is 32.2. The average molecular weight is 325 g/mol. The first-order valence-corrected chi connectivity index (χ1v) is 8.46. The van der Waals surface area contributed by atoms with Crippen LogP contribution in [0.25, 0.3) is 0 Å². The molecule has 0 spiro atoms. The van der Waals surface area contributed by atoms with Crippen LogP contribution in [0.1, 0.15) is 44.4 Å². The maximum absolute atomic E-state index is 11.9. The van der Waals surface area contributed by atoms with Crippen molar-refractivity contribution in [3.05, 3.63) is 22.4 Å². The SMILES string of the molecule is C[C@H](NC(=O)CSc1ncn[nH]1)c1nc(C(C)(C)C)cs1. The Morgan fingerprint density at radius 3 is 2.86 bits per heavy atom. The number of nitrogens with zero attached hydrogens (tertiary/aromatic N) is 3. The molecule has 0 aromatic carbocycles. The van der Waals surface area contributed by atoms with E-state index in [4.69, 9.17) is 0 Å². The number of amides is 1. The van der Waals surface area contributed by atoms with Crippen LogP contribution in [-0.4, -0.2) is 31.8 Å². The van der Waals surface area contributed by atoms with Crippen LogP contribution in [0, 0.1) is 0 Å². The van der Waals surface area contributed by atoms with Crippen molar-refractivity contribution in [2.45, 2.75) is 44.3 Å². The normalized spacial score (nSPS) is 13.1. The van der Waals surface area contributed by atoms with Crippen molar-refractivity contribution < 1.29 is 4.79 Å². The Hall–Kier alpha value is -1.41. The van der Waals surface area contributed by atoms with E-state index in [0.29, 0.717) is 10.9 Å². The molecular formula is C13H19N5OS2. The zero-order valence-corrected chi connectivity index (χ0v) is 14.1. The van der Waals surface area contributed by atoms with E-state index in [9.17, 15) is 4.79 Å². The fraction of sp³-hybridized carbons (Fsp3) is 0.538. The highest BCUT2D eigenvalue weighted by Crippen LogP contribution is 2.26. The van der Waals surface area contributed by atoms with Crippen LogP contribution in [0.15, 0.2) is 16.9 Å². The van der Waals surface area contributed by atoms with Crippen LogP contribution < -0.4 is 5.32 Å². The van der Waals surface area contributed by atoms with Crippen LogP contribution in [-0.2, 0) is 10.2 Å². The number of thioether (sulfide) groups is 1. The Bertz CT molecular complexity index is 588. The minimum absolute atomic E-state index is 0.0284. The lowest BCUT2D eigenvalue weighted by Gasteiger charge is -2.15. The van der Waals surface area contributed by atoms with Crippen LogP contribution in [0.4, 0.5) is 0 Å². The van der Waals surface area contributed by atoms with Gasteiger partial charge in [0.15, 0.2) is 5.16 Å². The Labute approximate surface area is 132 Å². The van der Waals surface area contributed by atoms with E-state index >= 15 is 0 Å². The van der Waals surface area contributed by atoms with Gasteiger partial charge in [-0.15, -0.1) is 11.3 Å². The molecule has 0 radical (unpaired) electrons. The van der Waals surface area contributed by atoms with E-state index in [1.807, 2.05) is 6.92 Å². The third-order valence-corrected chi connectivity index (χ3v) is 4.68. The number of aromatic amines is 1. The Morgan fingerprint density at radius 2 is 2.29 bits per heavy atom. The summed E-state index contributed by atoms with van der Waals surface area (Å²) in [4.78, 5) is 20.5. The summed E-state index contributed by atoms with van der Waals surface area (Å²) >= 11 is 2.90. The van der Waals surface area contributed by atoms with Crippen LogP contribution in [0.2, 0.25) is 0 Å². The van der Waals surface area contributed by atoms with Crippen molar-refractivity contribution in [2.24, 2.45) is 0 Å². The fourth-order valence-corrected chi connectivity index (χ4v) is 3.22. The van der Waals surface area contributed by atoms with Crippen molar-refractivity contribution in [3.63, 3.8) is 0 Å². The molecule has 21 heavy (non-hydrogen) atoms. The number of thiazole rings is 1. The van der Waals surface area contributed by atoms with Gasteiger partial charge in [0.05, 0.1) is 17.5 Å². The van der Waals surface area contributed by atoms with Crippen molar-refractivity contribution in [2.75, 3.05) is 5.75 Å². The van der Waals surface area contributed by atoms with Gasteiger partial charge in [-0.05, 0) is 6.92 Å². The lowest BCUT2D eigenvalue weighted by molar-refractivity contribution is -0.119. The smallest absolute Gasteiger partial charge is 0.231 e. The summed E-state index contributed by atoms with van der Waals surface area (Å²) in [5, 5.41) is 13.0. The molecule has 2 aromatic heterocycles. The van der Waals surface area contributed by atoms with E-state index in [1.165, 1.54) is 18.1 Å². The molecule has 0 saturated heterocycles. The summed E-state index contributed by atoms with van der Waals surface area (Å²) in [6.07, 6.45) is 1.42. The van der Waals surface area contributed by atoms with Crippen LogP contribution >= 0.6 is 23.1 Å². The molecule has 0 fully saturated rings. The van der Waals surface area contributed by atoms with Crippen LogP contribution in [0.5, 0.6) is 0 Å². The molecule has 0 aliphatic heterocycles. The molecule has 6 nitrogen and oxygen atoms in total. The molecule has 0 saturated carbocycles. The van der Waals surface area contributed by atoms with E-state index in [-0.39, 0.29) is 17.4 Å². The molecule has 2 aromatic rings. The van der Waals surface area contributed by atoms with Gasteiger partial charge in [0.1, 0.15) is 11.3 Å². The zero-order valence-electron chi connectivity index (χ0n) is 12.5. The van der Waals surface area contributed by atoms with Gasteiger partial charge in [-0.25, -0.2) is 9.97 Å². The quantitative estimate of drug-likeness (QED) is 0.825. The second kappa shape index (κ2) is 6.57. The highest BCUT2D eigenvalue weighted by molar-refractivity contribution is 7.99. The van der Waals surface area contributed by atoms with Crippen molar-refractivity contribution in [3.8, 4) is 0 Å². The standard InChI is InChI=1S/C13H19N5OS2/c1-8(11-17-9(5-20-11)13(2,3)4)16-10(19)6-21-12-14-7-15-18-12/h5,7-8H,6H2,1-4H3,(H,16,19)(H,14,15,18)/t8-/m0/s1. The third-order valence-electron chi connectivity index (χ3n) is 2.77. The summed E-state index contributed by atoms with van der Waals surface area (Å²) in [6.45, 7) is 8.33. The number of H-pyrrole nitrogens is 1. The lowest BCUT2D eigenvalue weighted by Crippen LogP contribution is -2.28. The fourth-order valence-electron chi connectivity index (χ4n) is 1.57. The van der Waals surface area contributed by atoms with Gasteiger partial charge in [0, 0.05) is 10.8 Å². The van der Waals surface area contributed by atoms with Crippen molar-refractivity contribution in [1.82, 2.24) is 25.5 Å². The van der Waals surface area contributed by atoms with Crippen LogP contribution in [0.3, 0.4) is 0 Å². The van der Waals surface area contributed by atoms with Gasteiger partial charge in [0.2, 0.25) is 5.91 Å². The third kappa shape index (κ3) is 4.53. The molecule has 8 heteroatoms. The summed E-state index contributed by atoms with van der Waals surface area (Å²) in [5.41, 5.74) is 1.08. The second-order valence-corrected chi connectivity index (χ2v) is 7.54. The monoisotopic (exact) mass is 325 g/mol. The summed E-state index contributed by atoms with van der Waals surface area (Å²) < 4.78 is 0. The van der Waals surface area contributed by atoms with Gasteiger partial charge >= 0.3 is 0 Å². The first-order valence-electron chi connectivity index (χ1n) is 6.59. The Balaban J connectivity index is 1.87. The Kier molecular flexibility index (Phi) is 5.00. The summed E-state index contributed by atoms with van der Waals surface area (Å²) in [7, 11) is 0. The largest absolute Gasteiger partial charge is 0.346 e. The molecule has 0 unspecified atom stereocenters. The molecule has 0 bridgehead atoms. The van der Waals surface area contributed by atoms with Crippen molar-refractivity contribution >= 4 is 29.0 Å².